The van der Waals surface area contributed by atoms with Gasteiger partial charge in [-0.05, 0) is 24.1 Å². The van der Waals surface area contributed by atoms with Gasteiger partial charge < -0.3 is 14.6 Å². The number of carboxylic acids is 1. The molecule has 0 radical (unpaired) electrons. The molecule has 0 aliphatic carbocycles. The van der Waals surface area contributed by atoms with Crippen LogP contribution in [-0.4, -0.2) is 52.2 Å². The summed E-state index contributed by atoms with van der Waals surface area (Å²) in [5.41, 5.74) is 0.573. The molecule has 0 bridgehead atoms. The Morgan fingerprint density at radius 1 is 1.14 bits per heavy atom. The van der Waals surface area contributed by atoms with Crippen molar-refractivity contribution >= 4 is 15.8 Å². The Kier molecular flexibility index (Phi) is 7.35. The lowest BCUT2D eigenvalue weighted by Crippen LogP contribution is -2.11. The smallest absolute Gasteiger partial charge is 0.307 e. The van der Waals surface area contributed by atoms with Gasteiger partial charge in [-0.15, -0.1) is 0 Å². The molecule has 0 atom stereocenters. The van der Waals surface area contributed by atoms with E-state index in [1.54, 1.807) is 7.11 Å². The zero-order valence-corrected chi connectivity index (χ0v) is 12.8. The van der Waals surface area contributed by atoms with Gasteiger partial charge in [0, 0.05) is 13.7 Å². The van der Waals surface area contributed by atoms with Gasteiger partial charge >= 0.3 is 5.97 Å². The maximum absolute atomic E-state index is 12.1. The summed E-state index contributed by atoms with van der Waals surface area (Å²) < 4.78 is 34.1. The summed E-state index contributed by atoms with van der Waals surface area (Å²) >= 11 is 0. The predicted molar refractivity (Wildman–Crippen MR) is 77.1 cm³/mol. The molecule has 1 aromatic rings. The van der Waals surface area contributed by atoms with E-state index in [1.165, 1.54) is 24.3 Å². The minimum Gasteiger partial charge on any atom is -0.481 e. The Labute approximate surface area is 124 Å². The Bertz CT molecular complexity index is 535. The molecule has 0 aliphatic heterocycles. The SMILES string of the molecule is COCCOCCCS(=O)(=O)c1ccc(CC(=O)O)cc1. The monoisotopic (exact) mass is 316 g/mol. The molecule has 0 aromatic heterocycles. The van der Waals surface area contributed by atoms with Gasteiger partial charge in [0.25, 0.3) is 0 Å². The first-order valence-corrected chi connectivity index (χ1v) is 8.21. The molecule has 1 rings (SSSR count). The number of aliphatic carboxylic acids is 1. The second-order valence-electron chi connectivity index (χ2n) is 4.49. The van der Waals surface area contributed by atoms with Crippen molar-refractivity contribution < 1.29 is 27.8 Å². The van der Waals surface area contributed by atoms with Gasteiger partial charge in [0.1, 0.15) is 0 Å². The van der Waals surface area contributed by atoms with Crippen molar-refractivity contribution in [1.29, 1.82) is 0 Å². The number of carbonyl (C=O) groups is 1. The highest BCUT2D eigenvalue weighted by molar-refractivity contribution is 7.91. The van der Waals surface area contributed by atoms with Crippen LogP contribution in [0.5, 0.6) is 0 Å². The number of carboxylic acid groups (broad SMARTS) is 1. The van der Waals surface area contributed by atoms with Gasteiger partial charge in [-0.3, -0.25) is 4.79 Å². The number of ether oxygens (including phenoxy) is 2. The van der Waals surface area contributed by atoms with Gasteiger partial charge in [0.05, 0.1) is 30.3 Å². The Morgan fingerprint density at radius 3 is 2.38 bits per heavy atom. The summed E-state index contributed by atoms with van der Waals surface area (Å²) in [6.45, 7) is 1.29. The Morgan fingerprint density at radius 2 is 1.81 bits per heavy atom. The van der Waals surface area contributed by atoms with E-state index in [9.17, 15) is 13.2 Å². The molecule has 0 spiro atoms. The van der Waals surface area contributed by atoms with Crippen molar-refractivity contribution in [3.8, 4) is 0 Å². The third-order valence-electron chi connectivity index (χ3n) is 2.77. The third kappa shape index (κ3) is 6.70. The van der Waals surface area contributed by atoms with E-state index in [0.29, 0.717) is 31.8 Å². The van der Waals surface area contributed by atoms with E-state index in [0.717, 1.165) is 0 Å². The summed E-state index contributed by atoms with van der Waals surface area (Å²) in [7, 11) is -1.79. The second kappa shape index (κ2) is 8.76. The van der Waals surface area contributed by atoms with E-state index in [-0.39, 0.29) is 17.1 Å². The standard InChI is InChI=1S/C14H20O6S/c1-19-8-9-20-7-2-10-21(17,18)13-5-3-12(4-6-13)11-14(15)16/h3-6H,2,7-11H2,1H3,(H,15,16). The molecule has 0 aliphatic rings. The molecular formula is C14H20O6S. The van der Waals surface area contributed by atoms with Crippen LogP contribution in [-0.2, 0) is 30.5 Å². The van der Waals surface area contributed by atoms with Crippen molar-refractivity contribution in [2.24, 2.45) is 0 Å². The summed E-state index contributed by atoms with van der Waals surface area (Å²) in [6, 6.07) is 5.94. The lowest BCUT2D eigenvalue weighted by Gasteiger charge is -2.06. The average molecular weight is 316 g/mol. The first kappa shape index (κ1) is 17.6. The van der Waals surface area contributed by atoms with Crippen LogP contribution in [0.25, 0.3) is 0 Å². The molecule has 21 heavy (non-hydrogen) atoms. The summed E-state index contributed by atoms with van der Waals surface area (Å²) in [5, 5.41) is 8.66. The topological polar surface area (TPSA) is 89.9 Å². The van der Waals surface area contributed by atoms with Crippen LogP contribution in [0, 0.1) is 0 Å². The molecular weight excluding hydrogens is 296 g/mol. The van der Waals surface area contributed by atoms with E-state index < -0.39 is 15.8 Å². The highest BCUT2D eigenvalue weighted by atomic mass is 32.2. The molecule has 0 saturated carbocycles. The van der Waals surface area contributed by atoms with E-state index in [1.807, 2.05) is 0 Å². The van der Waals surface area contributed by atoms with Crippen LogP contribution in [0.15, 0.2) is 29.2 Å². The van der Waals surface area contributed by atoms with E-state index >= 15 is 0 Å². The quantitative estimate of drug-likeness (QED) is 0.651. The molecule has 0 amide bonds. The van der Waals surface area contributed by atoms with Crippen LogP contribution < -0.4 is 0 Å². The van der Waals surface area contributed by atoms with Crippen LogP contribution >= 0.6 is 0 Å². The maximum atomic E-state index is 12.1. The number of methoxy groups -OCH3 is 1. The Hall–Kier alpha value is -1.44. The number of hydrogen-bond acceptors (Lipinski definition) is 5. The Balaban J connectivity index is 2.48. The van der Waals surface area contributed by atoms with Crippen LogP contribution in [0.1, 0.15) is 12.0 Å². The molecule has 0 unspecified atom stereocenters. The van der Waals surface area contributed by atoms with Gasteiger partial charge in [-0.2, -0.15) is 0 Å². The number of benzene rings is 1. The minimum absolute atomic E-state index is 0.00173. The molecule has 0 heterocycles. The number of sulfone groups is 1. The van der Waals surface area contributed by atoms with Crippen molar-refractivity contribution in [2.45, 2.75) is 17.7 Å². The van der Waals surface area contributed by atoms with Crippen LogP contribution in [0.3, 0.4) is 0 Å². The summed E-state index contributed by atoms with van der Waals surface area (Å²) in [4.78, 5) is 10.8. The van der Waals surface area contributed by atoms with Crippen LogP contribution in [0.2, 0.25) is 0 Å². The van der Waals surface area contributed by atoms with Crippen molar-refractivity contribution in [3.63, 3.8) is 0 Å². The van der Waals surface area contributed by atoms with Gasteiger partial charge in [0.2, 0.25) is 0 Å². The van der Waals surface area contributed by atoms with Gasteiger partial charge in [-0.1, -0.05) is 12.1 Å². The van der Waals surface area contributed by atoms with E-state index in [2.05, 4.69) is 0 Å². The molecule has 7 heteroatoms. The summed E-state index contributed by atoms with van der Waals surface area (Å²) in [6.07, 6.45) is 0.288. The van der Waals surface area contributed by atoms with Gasteiger partial charge in [-0.25, -0.2) is 8.42 Å². The molecule has 0 saturated heterocycles. The third-order valence-corrected chi connectivity index (χ3v) is 4.59. The second-order valence-corrected chi connectivity index (χ2v) is 6.60. The normalized spacial score (nSPS) is 11.5. The zero-order chi connectivity index (χ0) is 15.7. The average Bonchev–Trinajstić information content (AvgIpc) is 2.42. The van der Waals surface area contributed by atoms with Crippen molar-refractivity contribution in [3.05, 3.63) is 29.8 Å². The van der Waals surface area contributed by atoms with Crippen molar-refractivity contribution in [2.75, 3.05) is 32.7 Å². The van der Waals surface area contributed by atoms with E-state index in [4.69, 9.17) is 14.6 Å². The zero-order valence-electron chi connectivity index (χ0n) is 11.9. The predicted octanol–water partition coefficient (Wildman–Crippen LogP) is 1.14. The molecule has 1 aromatic carbocycles. The molecule has 0 fully saturated rings. The highest BCUT2D eigenvalue weighted by Gasteiger charge is 2.14. The van der Waals surface area contributed by atoms with Crippen molar-refractivity contribution in [1.82, 2.24) is 0 Å². The van der Waals surface area contributed by atoms with Gasteiger partial charge in [0.15, 0.2) is 9.84 Å². The first-order valence-electron chi connectivity index (χ1n) is 6.56. The largest absolute Gasteiger partial charge is 0.481 e. The molecule has 118 valence electrons. The molecule has 1 N–H and O–H groups in total. The highest BCUT2D eigenvalue weighted by Crippen LogP contribution is 2.14. The lowest BCUT2D eigenvalue weighted by atomic mass is 10.2. The number of rotatable bonds is 10. The lowest BCUT2D eigenvalue weighted by molar-refractivity contribution is -0.136. The fraction of sp³-hybridized carbons (Fsp3) is 0.500. The maximum Gasteiger partial charge on any atom is 0.307 e. The fourth-order valence-electron chi connectivity index (χ4n) is 1.70. The number of hydrogen-bond donors (Lipinski definition) is 1. The first-order chi connectivity index (χ1) is 9.95. The summed E-state index contributed by atoms with van der Waals surface area (Å²) in [5.74, 6) is -0.947. The molecule has 6 nitrogen and oxygen atoms in total. The fourth-order valence-corrected chi connectivity index (χ4v) is 2.99. The minimum atomic E-state index is -3.36. The van der Waals surface area contributed by atoms with Crippen LogP contribution in [0.4, 0.5) is 0 Å².